The number of carbonyl (C=O) groups excluding carboxylic acids is 1. The van der Waals surface area contributed by atoms with Gasteiger partial charge in [0.15, 0.2) is 5.78 Å². The van der Waals surface area contributed by atoms with Gasteiger partial charge in [-0.1, -0.05) is 31.2 Å². The number of carboxylic acids is 1. The van der Waals surface area contributed by atoms with Crippen LogP contribution in [-0.2, 0) is 11.2 Å². The molecule has 1 aromatic rings. The molecule has 0 aromatic heterocycles. The molecule has 3 nitrogen and oxygen atoms in total. The van der Waals surface area contributed by atoms with Gasteiger partial charge in [0, 0.05) is 11.5 Å². The monoisotopic (exact) mass is 246 g/mol. The van der Waals surface area contributed by atoms with Crippen LogP contribution >= 0.6 is 0 Å². The Morgan fingerprint density at radius 2 is 1.78 bits per heavy atom. The van der Waals surface area contributed by atoms with Crippen LogP contribution in [0.25, 0.3) is 0 Å². The lowest BCUT2D eigenvalue weighted by molar-refractivity contribution is -0.141. The molecule has 1 aliphatic carbocycles. The minimum absolute atomic E-state index is 0.0985. The Bertz CT molecular complexity index is 447. The topological polar surface area (TPSA) is 54.4 Å². The van der Waals surface area contributed by atoms with Crippen molar-refractivity contribution in [2.75, 3.05) is 0 Å². The molecule has 0 heterocycles. The lowest BCUT2D eigenvalue weighted by Gasteiger charge is -2.09. The highest BCUT2D eigenvalue weighted by Crippen LogP contribution is 2.33. The molecule has 3 heteroatoms. The molecule has 2 unspecified atom stereocenters. The van der Waals surface area contributed by atoms with Crippen molar-refractivity contribution in [2.24, 2.45) is 11.8 Å². The van der Waals surface area contributed by atoms with E-state index in [1.165, 1.54) is 5.56 Å². The first-order valence-electron chi connectivity index (χ1n) is 6.47. The Labute approximate surface area is 107 Å². The van der Waals surface area contributed by atoms with E-state index in [0.29, 0.717) is 24.8 Å². The minimum Gasteiger partial charge on any atom is -0.481 e. The highest BCUT2D eigenvalue weighted by Gasteiger charge is 2.33. The zero-order valence-electron chi connectivity index (χ0n) is 10.6. The van der Waals surface area contributed by atoms with Gasteiger partial charge in [-0.05, 0) is 31.2 Å². The molecule has 0 bridgehead atoms. The lowest BCUT2D eigenvalue weighted by Crippen LogP contribution is -2.14. The Kier molecular flexibility index (Phi) is 3.80. The van der Waals surface area contributed by atoms with Gasteiger partial charge in [-0.2, -0.15) is 0 Å². The molecule has 2 atom stereocenters. The van der Waals surface area contributed by atoms with E-state index in [4.69, 9.17) is 5.11 Å². The number of rotatable bonds is 4. The van der Waals surface area contributed by atoms with E-state index in [1.807, 2.05) is 24.3 Å². The van der Waals surface area contributed by atoms with Crippen molar-refractivity contribution in [1.29, 1.82) is 0 Å². The van der Waals surface area contributed by atoms with E-state index < -0.39 is 5.97 Å². The third-order valence-corrected chi connectivity index (χ3v) is 3.80. The molecule has 0 radical (unpaired) electrons. The van der Waals surface area contributed by atoms with Crippen LogP contribution in [0.1, 0.15) is 42.1 Å². The fourth-order valence-electron chi connectivity index (χ4n) is 2.58. The van der Waals surface area contributed by atoms with Crippen LogP contribution in [0.4, 0.5) is 0 Å². The summed E-state index contributed by atoms with van der Waals surface area (Å²) in [5.41, 5.74) is 1.92. The maximum absolute atomic E-state index is 12.2. The highest BCUT2D eigenvalue weighted by molar-refractivity contribution is 5.98. The largest absolute Gasteiger partial charge is 0.481 e. The van der Waals surface area contributed by atoms with E-state index in [1.54, 1.807) is 0 Å². The summed E-state index contributed by atoms with van der Waals surface area (Å²) in [6.07, 6.45) is 2.77. The quantitative estimate of drug-likeness (QED) is 0.831. The fourth-order valence-corrected chi connectivity index (χ4v) is 2.58. The molecule has 0 spiro atoms. The molecule has 1 fully saturated rings. The molecule has 96 valence electrons. The van der Waals surface area contributed by atoms with Crippen molar-refractivity contribution < 1.29 is 14.7 Å². The van der Waals surface area contributed by atoms with Gasteiger partial charge in [0.25, 0.3) is 0 Å². The molecule has 18 heavy (non-hydrogen) atoms. The zero-order valence-corrected chi connectivity index (χ0v) is 10.6. The minimum atomic E-state index is -0.772. The molecule has 0 aliphatic heterocycles. The lowest BCUT2D eigenvalue weighted by atomic mass is 9.94. The Hall–Kier alpha value is -1.64. The van der Waals surface area contributed by atoms with Crippen LogP contribution in [0.15, 0.2) is 24.3 Å². The van der Waals surface area contributed by atoms with Crippen molar-refractivity contribution in [3.8, 4) is 0 Å². The maximum Gasteiger partial charge on any atom is 0.306 e. The van der Waals surface area contributed by atoms with Gasteiger partial charge in [0.1, 0.15) is 0 Å². The molecule has 2 rings (SSSR count). The first-order valence-corrected chi connectivity index (χ1v) is 6.47. The molecule has 1 N–H and O–H groups in total. The predicted octanol–water partition coefficient (Wildman–Crippen LogP) is 2.93. The predicted molar refractivity (Wildman–Crippen MR) is 68.6 cm³/mol. The number of carbonyl (C=O) groups is 2. The SMILES string of the molecule is CCc1ccc(C(=O)C2CCC(C(=O)O)C2)cc1. The third-order valence-electron chi connectivity index (χ3n) is 3.80. The Morgan fingerprint density at radius 1 is 1.17 bits per heavy atom. The second-order valence-electron chi connectivity index (χ2n) is 4.96. The normalized spacial score (nSPS) is 22.9. The van der Waals surface area contributed by atoms with Gasteiger partial charge in [-0.15, -0.1) is 0 Å². The standard InChI is InChI=1S/C15H18O3/c1-2-10-3-5-11(6-4-10)14(16)12-7-8-13(9-12)15(17)18/h3-6,12-13H,2,7-9H2,1H3,(H,17,18). The van der Waals surface area contributed by atoms with E-state index in [-0.39, 0.29) is 17.6 Å². The van der Waals surface area contributed by atoms with Crippen molar-refractivity contribution in [3.05, 3.63) is 35.4 Å². The van der Waals surface area contributed by atoms with Crippen molar-refractivity contribution in [2.45, 2.75) is 32.6 Å². The van der Waals surface area contributed by atoms with Gasteiger partial charge in [0.2, 0.25) is 0 Å². The molecule has 1 aromatic carbocycles. The van der Waals surface area contributed by atoms with Gasteiger partial charge < -0.3 is 5.11 Å². The van der Waals surface area contributed by atoms with E-state index >= 15 is 0 Å². The molecular weight excluding hydrogens is 228 g/mol. The van der Waals surface area contributed by atoms with E-state index in [0.717, 1.165) is 6.42 Å². The second kappa shape index (κ2) is 5.34. The van der Waals surface area contributed by atoms with Gasteiger partial charge in [0.05, 0.1) is 5.92 Å². The molecule has 0 saturated heterocycles. The molecule has 0 amide bonds. The number of benzene rings is 1. The smallest absolute Gasteiger partial charge is 0.306 e. The number of ketones is 1. The van der Waals surface area contributed by atoms with Crippen LogP contribution in [-0.4, -0.2) is 16.9 Å². The van der Waals surface area contributed by atoms with E-state index in [2.05, 4.69) is 6.92 Å². The summed E-state index contributed by atoms with van der Waals surface area (Å²) in [5.74, 6) is -1.12. The summed E-state index contributed by atoms with van der Waals surface area (Å²) in [4.78, 5) is 23.1. The second-order valence-corrected chi connectivity index (χ2v) is 4.96. The summed E-state index contributed by atoms with van der Waals surface area (Å²) in [6.45, 7) is 2.07. The summed E-state index contributed by atoms with van der Waals surface area (Å²) < 4.78 is 0. The average molecular weight is 246 g/mol. The van der Waals surface area contributed by atoms with Crippen LogP contribution in [0.2, 0.25) is 0 Å². The number of aryl methyl sites for hydroxylation is 1. The first-order chi connectivity index (χ1) is 8.61. The zero-order chi connectivity index (χ0) is 13.1. The van der Waals surface area contributed by atoms with E-state index in [9.17, 15) is 9.59 Å². The summed E-state index contributed by atoms with van der Waals surface area (Å²) in [6, 6.07) is 7.65. The number of aliphatic carboxylic acids is 1. The molecular formula is C15H18O3. The number of carboxylic acid groups (broad SMARTS) is 1. The van der Waals surface area contributed by atoms with Crippen molar-refractivity contribution >= 4 is 11.8 Å². The Morgan fingerprint density at radius 3 is 2.28 bits per heavy atom. The third kappa shape index (κ3) is 2.61. The summed E-state index contributed by atoms with van der Waals surface area (Å²) in [5, 5.41) is 8.94. The van der Waals surface area contributed by atoms with Gasteiger partial charge >= 0.3 is 5.97 Å². The highest BCUT2D eigenvalue weighted by atomic mass is 16.4. The summed E-state index contributed by atoms with van der Waals surface area (Å²) >= 11 is 0. The molecule has 1 saturated carbocycles. The van der Waals surface area contributed by atoms with Crippen LogP contribution in [0.5, 0.6) is 0 Å². The molecule has 1 aliphatic rings. The van der Waals surface area contributed by atoms with Crippen molar-refractivity contribution in [1.82, 2.24) is 0 Å². The number of Topliss-reactive ketones (excluding diaryl/α,β-unsaturated/α-hetero) is 1. The maximum atomic E-state index is 12.2. The fraction of sp³-hybridized carbons (Fsp3) is 0.467. The first kappa shape index (κ1) is 12.8. The number of hydrogen-bond donors (Lipinski definition) is 1. The van der Waals surface area contributed by atoms with Crippen LogP contribution < -0.4 is 0 Å². The van der Waals surface area contributed by atoms with Gasteiger partial charge in [-0.3, -0.25) is 9.59 Å². The van der Waals surface area contributed by atoms with Crippen LogP contribution in [0, 0.1) is 11.8 Å². The average Bonchev–Trinajstić information content (AvgIpc) is 2.88. The van der Waals surface area contributed by atoms with Crippen LogP contribution in [0.3, 0.4) is 0 Å². The van der Waals surface area contributed by atoms with Crippen molar-refractivity contribution in [3.63, 3.8) is 0 Å². The summed E-state index contributed by atoms with van der Waals surface area (Å²) in [7, 11) is 0. The van der Waals surface area contributed by atoms with Gasteiger partial charge in [-0.25, -0.2) is 0 Å². The number of hydrogen-bond acceptors (Lipinski definition) is 2. The Balaban J connectivity index is 2.05.